The molecule has 18 unspecified atom stereocenters. The maximum absolute atomic E-state index is 15.0. The van der Waals surface area contributed by atoms with E-state index in [9.17, 15) is 32.6 Å². The fourth-order valence-corrected chi connectivity index (χ4v) is 30.5. The predicted octanol–water partition coefficient (Wildman–Crippen LogP) is 21.8. The standard InChI is InChI=1S/2C20H28FNO.2C20H27NO.C12H17F.C11H14BrF.C9H13NO/c2*1-11-12(2)14(4)19(21)18(13(11)3)7-20(23)16-5-15-6-17(20)10-22(8-15)9-16;2*1-11-12(2)14(4)19-18(13(11)3)7-20(22-19)16-5-15-6-17(20)10-21(8-15)9-16;1-6-11-9(4)7(2)8(3)10(5)12(11)13;1-6-7(2)9(4)11(13)10(5-12)8(6)3;11-9-7-1-6-2-8(9)5-10(3-6)4-7/h2*15-17,23H,5-10H2,1-4H3;2*15-17H,5-10H2,1-4H3;6H2,1-5H3;5H2,1-4H3;6-8H,1-5H2/t3*15?,16-,17?,20?;15?,16-,17+,20?;;;6?,7-,8?/m000...0/s1. The van der Waals surface area contributed by atoms with Crippen LogP contribution in [0.3, 0.4) is 0 Å². The second kappa shape index (κ2) is 34.8. The summed E-state index contributed by atoms with van der Waals surface area (Å²) in [5, 5.41) is 23.7. The minimum Gasteiger partial charge on any atom is -0.486 e. The van der Waals surface area contributed by atoms with Crippen molar-refractivity contribution in [2.45, 2.75) is 297 Å². The Kier molecular flexibility index (Phi) is 25.5. The summed E-state index contributed by atoms with van der Waals surface area (Å²) >= 11 is 3.31. The van der Waals surface area contributed by atoms with Crippen molar-refractivity contribution in [1.29, 1.82) is 0 Å². The molecule has 2 spiro atoms. The number of hydrogen-bond acceptors (Lipinski definition) is 10. The Labute approximate surface area is 769 Å². The molecule has 0 amide bonds. The van der Waals surface area contributed by atoms with Gasteiger partial charge >= 0.3 is 0 Å². The van der Waals surface area contributed by atoms with E-state index in [0.717, 1.165) is 214 Å². The molecule has 17 aliphatic heterocycles. The summed E-state index contributed by atoms with van der Waals surface area (Å²) in [5.74, 6) is 12.2. The third kappa shape index (κ3) is 15.7. The van der Waals surface area contributed by atoms with Crippen LogP contribution in [0.2, 0.25) is 0 Å². The van der Waals surface area contributed by atoms with Crippen LogP contribution in [0.4, 0.5) is 17.6 Å². The quantitative estimate of drug-likeness (QED) is 0.124. The highest BCUT2D eigenvalue weighted by atomic mass is 79.9. The summed E-state index contributed by atoms with van der Waals surface area (Å²) in [6.07, 6.45) is 16.6. The van der Waals surface area contributed by atoms with Gasteiger partial charge in [-0.25, -0.2) is 17.6 Å². The van der Waals surface area contributed by atoms with Crippen molar-refractivity contribution >= 4 is 21.7 Å². The zero-order chi connectivity index (χ0) is 91.2. The SMILES string of the molecule is CCc1c(C)c(C)c(C)c(C)c1F.Cc1c(C)c(C)c(CBr)c(F)c1C.Cc1c(C)c(C)c(CC2(O)C3CC4C[C@H]2CN(C4)C3)c(F)c1C.Cc1c(C)c(C)c(CC2(O)C3CC4C[C@H]2CN(C4)C3)c(F)c1C.Cc1c(C)c(C)c2c(c1C)CC1(O2)C2CC3C[C@H]1CN(C3)C2.Cc1c(C)c(C)c2c(c1C)CC1(O2)[C@@H]2CC3C[C@H]1CN(C3)C2.O=C1C2CC3C[C@H]1CN(C3)C2. The zero-order valence-corrected chi connectivity index (χ0v) is 83.9. The first-order chi connectivity index (χ1) is 59.9. The number of ketones is 1. The second-order valence-electron chi connectivity index (χ2n) is 45.2. The molecule has 10 nitrogen and oxygen atoms in total. The summed E-state index contributed by atoms with van der Waals surface area (Å²) in [6, 6.07) is 0. The van der Waals surface area contributed by atoms with E-state index in [0.29, 0.717) is 59.5 Å². The van der Waals surface area contributed by atoms with Crippen molar-refractivity contribution in [2.24, 2.45) is 88.8 Å². The summed E-state index contributed by atoms with van der Waals surface area (Å²) < 4.78 is 71.1. The third-order valence-corrected chi connectivity index (χ3v) is 39.8. The monoisotopic (exact) mass is 1800 g/mol. The van der Waals surface area contributed by atoms with Gasteiger partial charge in [-0.05, 0) is 417 Å². The first-order valence-corrected chi connectivity index (χ1v) is 50.8. The van der Waals surface area contributed by atoms with Crippen LogP contribution in [0.5, 0.6) is 11.5 Å². The Balaban J connectivity index is 0.000000106. The fraction of sp³-hybridized carbons (Fsp3) is 0.670. The molecule has 24 atom stereocenters. The summed E-state index contributed by atoms with van der Waals surface area (Å²) in [7, 11) is 0. The van der Waals surface area contributed by atoms with Crippen LogP contribution in [0.25, 0.3) is 0 Å². The molecule has 20 fully saturated rings. The topological polar surface area (TPSA) is 92.2 Å². The number of fused-ring (bicyclic) bond motifs is 2. The molecular weight excluding hydrogens is 1650 g/mol. The van der Waals surface area contributed by atoms with Gasteiger partial charge < -0.3 is 44.2 Å². The van der Waals surface area contributed by atoms with E-state index in [-0.39, 0.29) is 34.5 Å². The minimum absolute atomic E-state index is 0.0110. The first kappa shape index (κ1) is 93.3. The van der Waals surface area contributed by atoms with E-state index in [1.165, 1.54) is 200 Å². The molecule has 6 aromatic carbocycles. The van der Waals surface area contributed by atoms with E-state index in [4.69, 9.17) is 9.47 Å². The lowest BCUT2D eigenvalue weighted by Crippen LogP contribution is -2.68. The van der Waals surface area contributed by atoms with Gasteiger partial charge in [-0.1, -0.05) is 22.9 Å². The van der Waals surface area contributed by atoms with Gasteiger partial charge in [0.25, 0.3) is 0 Å². The number of aliphatic hydroxyl groups is 2. The van der Waals surface area contributed by atoms with Gasteiger partial charge in [-0.3, -0.25) is 4.79 Å². The number of piperidine rings is 15. The van der Waals surface area contributed by atoms with Crippen LogP contribution in [0.1, 0.15) is 238 Å². The highest BCUT2D eigenvalue weighted by Crippen LogP contribution is 2.61. The number of benzene rings is 6. The maximum atomic E-state index is 15.0. The van der Waals surface area contributed by atoms with E-state index in [1.54, 1.807) is 0 Å². The Morgan fingerprint density at radius 3 is 0.803 bits per heavy atom. The van der Waals surface area contributed by atoms with E-state index in [1.807, 2.05) is 96.9 Å². The second-order valence-corrected chi connectivity index (χ2v) is 45.8. The molecule has 127 heavy (non-hydrogen) atoms. The van der Waals surface area contributed by atoms with E-state index in [2.05, 4.69) is 117 Å². The molecule has 0 aromatic heterocycles. The summed E-state index contributed by atoms with van der Waals surface area (Å²) in [5.41, 5.74) is 33.0. The molecule has 5 aliphatic carbocycles. The van der Waals surface area contributed by atoms with Crippen molar-refractivity contribution in [1.82, 2.24) is 24.5 Å². The lowest BCUT2D eigenvalue weighted by atomic mass is 9.57. The normalized spacial score (nSPS) is 34.9. The Morgan fingerprint density at radius 2 is 0.520 bits per heavy atom. The molecular formula is C112H154BrF4N5O5. The number of halogens is 5. The number of hydrogen-bond donors (Lipinski definition) is 2. The van der Waals surface area contributed by atoms with Gasteiger partial charge in [-0.15, -0.1) is 0 Å². The molecule has 5 saturated carbocycles. The number of alkyl halides is 1. The highest BCUT2D eigenvalue weighted by molar-refractivity contribution is 9.08. The Bertz CT molecular complexity index is 4730. The maximum Gasteiger partial charge on any atom is 0.141 e. The molecule has 17 heterocycles. The molecule has 15 heteroatoms. The first-order valence-electron chi connectivity index (χ1n) is 49.7. The lowest BCUT2D eigenvalue weighted by molar-refractivity contribution is -0.182. The number of ether oxygens (including phenoxy) is 2. The van der Waals surface area contributed by atoms with Crippen molar-refractivity contribution in [3.05, 3.63) is 190 Å². The molecule has 15 saturated heterocycles. The van der Waals surface area contributed by atoms with Crippen LogP contribution >= 0.6 is 15.9 Å². The van der Waals surface area contributed by atoms with Crippen molar-refractivity contribution < 1.29 is 42.0 Å². The number of rotatable bonds is 6. The van der Waals surface area contributed by atoms with Gasteiger partial charge in [0.2, 0.25) is 0 Å². The lowest BCUT2D eigenvalue weighted by Gasteiger charge is -2.60. The minimum atomic E-state index is -0.715. The van der Waals surface area contributed by atoms with Crippen LogP contribution in [0, 0.1) is 278 Å². The van der Waals surface area contributed by atoms with Gasteiger partial charge in [0.1, 0.15) is 51.8 Å². The van der Waals surface area contributed by atoms with Crippen LogP contribution in [0.15, 0.2) is 0 Å². The zero-order valence-electron chi connectivity index (χ0n) is 82.3. The summed E-state index contributed by atoms with van der Waals surface area (Å²) in [4.78, 5) is 24.5. The van der Waals surface area contributed by atoms with Crippen molar-refractivity contribution in [3.8, 4) is 11.5 Å². The average Bonchev–Trinajstić information content (AvgIpc) is 1.55. The van der Waals surface area contributed by atoms with E-state index >= 15 is 0 Å². The largest absolute Gasteiger partial charge is 0.486 e. The number of carbonyl (C=O) groups excluding carboxylic acids is 1. The van der Waals surface area contributed by atoms with Crippen LogP contribution in [-0.2, 0) is 42.2 Å². The molecule has 0 radical (unpaired) electrons. The molecule has 692 valence electrons. The number of Topliss-reactive ketones (excluding diaryl/α,β-unsaturated/α-hetero) is 1. The number of carbonyl (C=O) groups is 1. The smallest absolute Gasteiger partial charge is 0.141 e. The number of nitrogens with zero attached hydrogens (tertiary/aromatic N) is 5. The van der Waals surface area contributed by atoms with E-state index < -0.39 is 11.2 Å². The molecule has 22 aliphatic rings. The molecule has 28 rings (SSSR count). The summed E-state index contributed by atoms with van der Waals surface area (Å²) in [6.45, 7) is 69.5. The van der Waals surface area contributed by atoms with Crippen molar-refractivity contribution in [2.75, 3.05) is 98.2 Å². The van der Waals surface area contributed by atoms with Crippen molar-refractivity contribution in [3.63, 3.8) is 0 Å². The predicted molar refractivity (Wildman–Crippen MR) is 511 cm³/mol. The third-order valence-electron chi connectivity index (χ3n) is 39.3. The molecule has 2 N–H and O–H groups in total. The van der Waals surface area contributed by atoms with Gasteiger partial charge in [0, 0.05) is 205 Å². The van der Waals surface area contributed by atoms with Gasteiger partial charge in [0.15, 0.2) is 0 Å². The van der Waals surface area contributed by atoms with Crippen LogP contribution < -0.4 is 9.47 Å². The fourth-order valence-electron chi connectivity index (χ4n) is 29.8. The Hall–Kier alpha value is -5.49. The highest BCUT2D eigenvalue weighted by Gasteiger charge is 2.64. The van der Waals surface area contributed by atoms with Crippen LogP contribution in [-0.4, -0.2) is 161 Å². The van der Waals surface area contributed by atoms with Gasteiger partial charge in [-0.2, -0.15) is 0 Å². The van der Waals surface area contributed by atoms with Gasteiger partial charge in [0.05, 0.1) is 11.2 Å². The Morgan fingerprint density at radius 1 is 0.291 bits per heavy atom. The molecule has 20 bridgehead atoms. The average molecular weight is 1810 g/mol. The molecule has 6 aromatic rings.